The van der Waals surface area contributed by atoms with E-state index in [1.54, 1.807) is 16.2 Å². The summed E-state index contributed by atoms with van der Waals surface area (Å²) in [5, 5.41) is 1.15. The number of nitrogens with two attached hydrogens (primary N) is 1. The fourth-order valence-corrected chi connectivity index (χ4v) is 4.14. The number of benzene rings is 1. The summed E-state index contributed by atoms with van der Waals surface area (Å²) in [6, 6.07) is 8.10. The highest BCUT2D eigenvalue weighted by atomic mass is 32.1. The Morgan fingerprint density at radius 2 is 1.78 bits per heavy atom. The molecule has 23 heavy (non-hydrogen) atoms. The molecule has 2 amide bonds. The molecule has 122 valence electrons. The van der Waals surface area contributed by atoms with Crippen LogP contribution in [-0.4, -0.2) is 54.3 Å². The molecule has 1 aromatic heterocycles. The molecule has 0 bridgehead atoms. The second-order valence-electron chi connectivity index (χ2n) is 5.76. The molecule has 0 unspecified atom stereocenters. The molecule has 5 nitrogen and oxygen atoms in total. The van der Waals surface area contributed by atoms with Crippen molar-refractivity contribution in [3.05, 3.63) is 34.7 Å². The van der Waals surface area contributed by atoms with Crippen molar-refractivity contribution in [1.82, 2.24) is 9.80 Å². The molecule has 0 aliphatic carbocycles. The Morgan fingerprint density at radius 1 is 1.13 bits per heavy atom. The van der Waals surface area contributed by atoms with E-state index in [0.29, 0.717) is 39.1 Å². The lowest BCUT2D eigenvalue weighted by molar-refractivity contribution is -0.132. The number of piperazine rings is 1. The van der Waals surface area contributed by atoms with Crippen LogP contribution in [0.15, 0.2) is 24.3 Å². The van der Waals surface area contributed by atoms with Gasteiger partial charge in [-0.05, 0) is 23.9 Å². The van der Waals surface area contributed by atoms with Crippen LogP contribution in [-0.2, 0) is 4.79 Å². The minimum absolute atomic E-state index is 0.0784. The van der Waals surface area contributed by atoms with E-state index in [9.17, 15) is 9.59 Å². The van der Waals surface area contributed by atoms with E-state index in [-0.39, 0.29) is 11.8 Å². The number of aryl methyl sites for hydroxylation is 1. The van der Waals surface area contributed by atoms with Gasteiger partial charge in [-0.3, -0.25) is 9.59 Å². The van der Waals surface area contributed by atoms with Gasteiger partial charge in [0.15, 0.2) is 0 Å². The molecule has 2 N–H and O–H groups in total. The normalized spacial score (nSPS) is 15.2. The monoisotopic (exact) mass is 331 g/mol. The molecule has 0 spiro atoms. The van der Waals surface area contributed by atoms with Crippen LogP contribution in [0.5, 0.6) is 0 Å². The van der Waals surface area contributed by atoms with E-state index in [0.717, 1.165) is 20.5 Å². The average molecular weight is 331 g/mol. The third-order valence-electron chi connectivity index (χ3n) is 4.32. The number of rotatable bonds is 3. The van der Waals surface area contributed by atoms with Crippen molar-refractivity contribution in [3.63, 3.8) is 0 Å². The number of hydrogen-bond acceptors (Lipinski definition) is 4. The number of carbonyl (C=O) groups excluding carboxylic acids is 2. The minimum Gasteiger partial charge on any atom is -0.339 e. The second-order valence-corrected chi connectivity index (χ2v) is 6.82. The predicted octanol–water partition coefficient (Wildman–Crippen LogP) is 1.84. The quantitative estimate of drug-likeness (QED) is 0.933. The Balaban J connectivity index is 1.72. The van der Waals surface area contributed by atoms with Crippen molar-refractivity contribution in [2.45, 2.75) is 13.3 Å². The first kappa shape index (κ1) is 16.0. The van der Waals surface area contributed by atoms with Gasteiger partial charge in [0, 0.05) is 43.8 Å². The van der Waals surface area contributed by atoms with Gasteiger partial charge >= 0.3 is 0 Å². The first-order valence-corrected chi connectivity index (χ1v) is 8.68. The molecule has 1 aliphatic rings. The molecule has 0 saturated carbocycles. The lowest BCUT2D eigenvalue weighted by atomic mass is 10.1. The zero-order valence-corrected chi connectivity index (χ0v) is 14.1. The maximum absolute atomic E-state index is 12.8. The topological polar surface area (TPSA) is 66.6 Å². The third-order valence-corrected chi connectivity index (χ3v) is 5.58. The lowest BCUT2D eigenvalue weighted by Gasteiger charge is -2.34. The molecule has 3 rings (SSSR count). The van der Waals surface area contributed by atoms with E-state index in [4.69, 9.17) is 5.73 Å². The summed E-state index contributed by atoms with van der Waals surface area (Å²) in [6.07, 6.45) is 0.378. The van der Waals surface area contributed by atoms with Gasteiger partial charge in [0.05, 0.1) is 4.88 Å². The van der Waals surface area contributed by atoms with E-state index in [1.807, 2.05) is 30.0 Å². The van der Waals surface area contributed by atoms with Gasteiger partial charge in [-0.15, -0.1) is 11.3 Å². The summed E-state index contributed by atoms with van der Waals surface area (Å²) in [4.78, 5) is 29.1. The maximum Gasteiger partial charge on any atom is 0.264 e. The highest BCUT2D eigenvalue weighted by molar-refractivity contribution is 7.21. The van der Waals surface area contributed by atoms with Crippen LogP contribution in [0.4, 0.5) is 0 Å². The molecule has 1 aromatic carbocycles. The van der Waals surface area contributed by atoms with Crippen LogP contribution in [0.2, 0.25) is 0 Å². The first-order chi connectivity index (χ1) is 11.1. The first-order valence-electron chi connectivity index (χ1n) is 7.87. The number of thiophene rings is 1. The molecule has 6 heteroatoms. The van der Waals surface area contributed by atoms with E-state index < -0.39 is 0 Å². The smallest absolute Gasteiger partial charge is 0.264 e. The average Bonchev–Trinajstić information content (AvgIpc) is 2.92. The van der Waals surface area contributed by atoms with Crippen LogP contribution in [0.3, 0.4) is 0 Å². The van der Waals surface area contributed by atoms with Gasteiger partial charge in [0.2, 0.25) is 5.91 Å². The summed E-state index contributed by atoms with van der Waals surface area (Å²) in [5.41, 5.74) is 6.48. The van der Waals surface area contributed by atoms with Crippen LogP contribution >= 0.6 is 11.3 Å². The van der Waals surface area contributed by atoms with Crippen molar-refractivity contribution in [2.75, 3.05) is 32.7 Å². The highest BCUT2D eigenvalue weighted by Gasteiger charge is 2.26. The molecular weight excluding hydrogens is 310 g/mol. The Hall–Kier alpha value is -1.92. The number of hydrogen-bond donors (Lipinski definition) is 1. The third kappa shape index (κ3) is 3.09. The van der Waals surface area contributed by atoms with E-state index >= 15 is 0 Å². The number of nitrogens with zero attached hydrogens (tertiary/aromatic N) is 2. The van der Waals surface area contributed by atoms with Crippen LogP contribution < -0.4 is 5.73 Å². The van der Waals surface area contributed by atoms with Gasteiger partial charge in [-0.2, -0.15) is 0 Å². The molecule has 1 aliphatic heterocycles. The van der Waals surface area contributed by atoms with Crippen molar-refractivity contribution < 1.29 is 9.59 Å². The summed E-state index contributed by atoms with van der Waals surface area (Å²) < 4.78 is 1.14. The van der Waals surface area contributed by atoms with Gasteiger partial charge in [0.1, 0.15) is 0 Å². The molecular formula is C17H21N3O2S. The fourth-order valence-electron chi connectivity index (χ4n) is 2.96. The second kappa shape index (κ2) is 6.68. The standard InChI is InChI=1S/C17H21N3O2S/c1-12-13-4-2-3-5-14(13)23-16(12)17(22)20-10-8-19(9-11-20)15(21)6-7-18/h2-5H,6-11,18H2,1H3. The Morgan fingerprint density at radius 3 is 2.43 bits per heavy atom. The molecule has 2 heterocycles. The van der Waals surface area contributed by atoms with Crippen LogP contribution in [0, 0.1) is 6.92 Å². The van der Waals surface area contributed by atoms with Crippen molar-refractivity contribution in [1.29, 1.82) is 0 Å². The van der Waals surface area contributed by atoms with Crippen molar-refractivity contribution in [3.8, 4) is 0 Å². The lowest BCUT2D eigenvalue weighted by Crippen LogP contribution is -2.50. The van der Waals surface area contributed by atoms with Crippen molar-refractivity contribution in [2.24, 2.45) is 5.73 Å². The zero-order chi connectivity index (χ0) is 16.4. The van der Waals surface area contributed by atoms with E-state index in [1.165, 1.54) is 0 Å². The predicted molar refractivity (Wildman–Crippen MR) is 92.7 cm³/mol. The van der Waals surface area contributed by atoms with Gasteiger partial charge < -0.3 is 15.5 Å². The zero-order valence-electron chi connectivity index (χ0n) is 13.2. The molecule has 1 fully saturated rings. The van der Waals surface area contributed by atoms with Gasteiger partial charge in [-0.25, -0.2) is 0 Å². The number of amides is 2. The Kier molecular flexibility index (Phi) is 4.63. The number of carbonyl (C=O) groups is 2. The summed E-state index contributed by atoms with van der Waals surface area (Å²) >= 11 is 1.55. The summed E-state index contributed by atoms with van der Waals surface area (Å²) in [5.74, 6) is 0.160. The van der Waals surface area contributed by atoms with Gasteiger partial charge in [-0.1, -0.05) is 18.2 Å². The fraction of sp³-hybridized carbons (Fsp3) is 0.412. The highest BCUT2D eigenvalue weighted by Crippen LogP contribution is 2.31. The van der Waals surface area contributed by atoms with Gasteiger partial charge in [0.25, 0.3) is 5.91 Å². The minimum atomic E-state index is 0.0784. The van der Waals surface area contributed by atoms with Crippen molar-refractivity contribution >= 4 is 33.2 Å². The van der Waals surface area contributed by atoms with E-state index in [2.05, 4.69) is 6.07 Å². The number of fused-ring (bicyclic) bond motifs is 1. The Labute approximate surface area is 139 Å². The SMILES string of the molecule is Cc1c(C(=O)N2CCN(C(=O)CCN)CC2)sc2ccccc12. The molecule has 1 saturated heterocycles. The molecule has 2 aromatic rings. The maximum atomic E-state index is 12.8. The Bertz CT molecular complexity index is 733. The summed E-state index contributed by atoms with van der Waals surface area (Å²) in [6.45, 7) is 4.74. The molecule has 0 radical (unpaired) electrons. The largest absolute Gasteiger partial charge is 0.339 e. The van der Waals surface area contributed by atoms with Crippen LogP contribution in [0.25, 0.3) is 10.1 Å². The van der Waals surface area contributed by atoms with Crippen LogP contribution in [0.1, 0.15) is 21.7 Å². The summed E-state index contributed by atoms with van der Waals surface area (Å²) in [7, 11) is 0. The molecule has 0 atom stereocenters.